The predicted molar refractivity (Wildman–Crippen MR) is 111 cm³/mol. The summed E-state index contributed by atoms with van der Waals surface area (Å²) < 4.78 is 19.5. The lowest BCUT2D eigenvalue weighted by Gasteiger charge is -2.37. The maximum atomic E-state index is 14.3. The number of carbonyl (C=O) groups is 2. The van der Waals surface area contributed by atoms with E-state index in [2.05, 4.69) is 4.98 Å². The standard InChI is InChI=1S/C20H22Cl2FN3O3/c1-5-29-16-7-6-13(8-15(16)23)11-20(2,25(3)4)19(28)26(12-27)14-9-17(21)24-18(22)10-14/h6-10,12H,5,11H2,1-4H3. The number of rotatable bonds is 8. The Morgan fingerprint density at radius 1 is 1.24 bits per heavy atom. The van der Waals surface area contributed by atoms with E-state index in [9.17, 15) is 14.0 Å². The van der Waals surface area contributed by atoms with Gasteiger partial charge in [0, 0.05) is 0 Å². The summed E-state index contributed by atoms with van der Waals surface area (Å²) in [6.45, 7) is 3.78. The molecule has 1 atom stereocenters. The first-order valence-corrected chi connectivity index (χ1v) is 9.58. The van der Waals surface area contributed by atoms with Crippen LogP contribution in [-0.2, 0) is 16.0 Å². The molecule has 156 valence electrons. The van der Waals surface area contributed by atoms with Crippen LogP contribution < -0.4 is 9.64 Å². The van der Waals surface area contributed by atoms with Gasteiger partial charge in [-0.05, 0) is 64.2 Å². The van der Waals surface area contributed by atoms with Crippen LogP contribution in [0.15, 0.2) is 30.3 Å². The van der Waals surface area contributed by atoms with Crippen molar-refractivity contribution in [1.29, 1.82) is 0 Å². The Morgan fingerprint density at radius 3 is 2.34 bits per heavy atom. The van der Waals surface area contributed by atoms with Crippen LogP contribution in [0, 0.1) is 5.82 Å². The first-order chi connectivity index (χ1) is 13.6. The number of aromatic nitrogens is 1. The lowest BCUT2D eigenvalue weighted by atomic mass is 9.89. The van der Waals surface area contributed by atoms with E-state index in [-0.39, 0.29) is 28.2 Å². The van der Waals surface area contributed by atoms with Gasteiger partial charge in [-0.2, -0.15) is 0 Å². The van der Waals surface area contributed by atoms with Crippen LogP contribution in [0.4, 0.5) is 10.1 Å². The molecule has 9 heteroatoms. The average molecular weight is 442 g/mol. The van der Waals surface area contributed by atoms with Crippen LogP contribution >= 0.6 is 23.2 Å². The molecule has 0 bridgehead atoms. The molecule has 0 aliphatic carbocycles. The number of likely N-dealkylation sites (N-methyl/N-ethyl adjacent to an activating group) is 1. The highest BCUT2D eigenvalue weighted by atomic mass is 35.5. The van der Waals surface area contributed by atoms with Crippen molar-refractivity contribution in [2.75, 3.05) is 25.6 Å². The second-order valence-corrected chi connectivity index (χ2v) is 7.57. The molecule has 2 aromatic rings. The third kappa shape index (κ3) is 5.23. The summed E-state index contributed by atoms with van der Waals surface area (Å²) in [4.78, 5) is 31.5. The van der Waals surface area contributed by atoms with Gasteiger partial charge < -0.3 is 4.74 Å². The van der Waals surface area contributed by atoms with Crippen molar-refractivity contribution in [3.05, 3.63) is 52.0 Å². The third-order valence-corrected chi connectivity index (χ3v) is 5.03. The number of imide groups is 1. The van der Waals surface area contributed by atoms with Gasteiger partial charge in [-0.3, -0.25) is 19.4 Å². The summed E-state index contributed by atoms with van der Waals surface area (Å²) in [6, 6.07) is 7.27. The van der Waals surface area contributed by atoms with E-state index in [0.717, 1.165) is 4.90 Å². The largest absolute Gasteiger partial charge is 0.491 e. The van der Waals surface area contributed by atoms with Crippen LogP contribution in [0.2, 0.25) is 10.3 Å². The molecule has 0 radical (unpaired) electrons. The van der Waals surface area contributed by atoms with E-state index in [1.54, 1.807) is 38.9 Å². The molecular weight excluding hydrogens is 420 g/mol. The Kier molecular flexibility index (Phi) is 7.57. The number of anilines is 1. The second kappa shape index (κ2) is 9.52. The Morgan fingerprint density at radius 2 is 1.86 bits per heavy atom. The van der Waals surface area contributed by atoms with Gasteiger partial charge in [0.1, 0.15) is 15.8 Å². The van der Waals surface area contributed by atoms with Gasteiger partial charge in [0.05, 0.1) is 12.3 Å². The average Bonchev–Trinajstić information content (AvgIpc) is 2.63. The monoisotopic (exact) mass is 441 g/mol. The van der Waals surface area contributed by atoms with E-state index in [0.29, 0.717) is 18.6 Å². The SMILES string of the molecule is CCOc1ccc(CC(C)(C(=O)N(C=O)c2cc(Cl)nc(Cl)c2)N(C)C)cc1F. The summed E-state index contributed by atoms with van der Waals surface area (Å²) in [6.07, 6.45) is 0.546. The van der Waals surface area contributed by atoms with Crippen LogP contribution in [0.5, 0.6) is 5.75 Å². The van der Waals surface area contributed by atoms with Crippen molar-refractivity contribution >= 4 is 41.2 Å². The molecule has 1 aromatic carbocycles. The summed E-state index contributed by atoms with van der Waals surface area (Å²) in [7, 11) is 3.41. The fourth-order valence-electron chi connectivity index (χ4n) is 2.83. The first kappa shape index (κ1) is 23.1. The molecule has 0 aliphatic heterocycles. The highest BCUT2D eigenvalue weighted by Gasteiger charge is 2.40. The minimum absolute atomic E-state index is 0.0484. The van der Waals surface area contributed by atoms with E-state index in [1.807, 2.05) is 0 Å². The molecule has 0 spiro atoms. The fraction of sp³-hybridized carbons (Fsp3) is 0.350. The minimum Gasteiger partial charge on any atom is -0.491 e. The maximum Gasteiger partial charge on any atom is 0.254 e. The summed E-state index contributed by atoms with van der Waals surface area (Å²) in [5.74, 6) is -0.896. The van der Waals surface area contributed by atoms with Crippen molar-refractivity contribution in [2.45, 2.75) is 25.8 Å². The first-order valence-electron chi connectivity index (χ1n) is 8.83. The normalized spacial score (nSPS) is 13.1. The number of halogens is 3. The van der Waals surface area contributed by atoms with Crippen LogP contribution in [0.3, 0.4) is 0 Å². The number of ether oxygens (including phenoxy) is 1. The molecule has 2 amide bonds. The van der Waals surface area contributed by atoms with Crippen molar-refractivity contribution < 1.29 is 18.7 Å². The van der Waals surface area contributed by atoms with E-state index >= 15 is 0 Å². The van der Waals surface area contributed by atoms with Crippen molar-refractivity contribution in [3.8, 4) is 5.75 Å². The van der Waals surface area contributed by atoms with Gasteiger partial charge in [-0.15, -0.1) is 0 Å². The van der Waals surface area contributed by atoms with E-state index in [4.69, 9.17) is 27.9 Å². The third-order valence-electron chi connectivity index (χ3n) is 4.64. The van der Waals surface area contributed by atoms with Gasteiger partial charge in [0.2, 0.25) is 6.41 Å². The van der Waals surface area contributed by atoms with Gasteiger partial charge in [0.25, 0.3) is 5.91 Å². The zero-order valence-electron chi connectivity index (χ0n) is 16.6. The molecule has 0 N–H and O–H groups in total. The molecule has 0 fully saturated rings. The number of hydrogen-bond donors (Lipinski definition) is 0. The highest BCUT2D eigenvalue weighted by molar-refractivity contribution is 6.33. The van der Waals surface area contributed by atoms with Gasteiger partial charge >= 0.3 is 0 Å². The summed E-state index contributed by atoms with van der Waals surface area (Å²) in [5, 5.41) is 0.0968. The molecule has 0 saturated heterocycles. The zero-order valence-corrected chi connectivity index (χ0v) is 18.1. The predicted octanol–water partition coefficient (Wildman–Crippen LogP) is 3.98. The maximum absolute atomic E-state index is 14.3. The fourth-order valence-corrected chi connectivity index (χ4v) is 3.28. The summed E-state index contributed by atoms with van der Waals surface area (Å²) in [5.41, 5.74) is -0.393. The Balaban J connectivity index is 2.40. The smallest absolute Gasteiger partial charge is 0.254 e. The van der Waals surface area contributed by atoms with Crippen LogP contribution in [0.1, 0.15) is 19.4 Å². The van der Waals surface area contributed by atoms with Gasteiger partial charge in [-0.1, -0.05) is 29.3 Å². The number of nitrogens with zero attached hydrogens (tertiary/aromatic N) is 3. The Bertz CT molecular complexity index is 890. The molecular formula is C20H22Cl2FN3O3. The van der Waals surface area contributed by atoms with E-state index in [1.165, 1.54) is 24.3 Å². The Hall–Kier alpha value is -2.22. The highest BCUT2D eigenvalue weighted by Crippen LogP contribution is 2.28. The summed E-state index contributed by atoms with van der Waals surface area (Å²) >= 11 is 11.8. The number of carbonyl (C=O) groups excluding carboxylic acids is 2. The lowest BCUT2D eigenvalue weighted by Crippen LogP contribution is -2.56. The minimum atomic E-state index is -1.16. The van der Waals surface area contributed by atoms with Crippen LogP contribution in [0.25, 0.3) is 0 Å². The van der Waals surface area contributed by atoms with Crippen LogP contribution in [-0.4, -0.2) is 48.4 Å². The van der Waals surface area contributed by atoms with E-state index < -0.39 is 17.3 Å². The quantitative estimate of drug-likeness (QED) is 0.457. The number of benzene rings is 1. The number of amides is 2. The molecule has 1 aromatic heterocycles. The van der Waals surface area contributed by atoms with Gasteiger partial charge in [0.15, 0.2) is 11.6 Å². The van der Waals surface area contributed by atoms with Crippen molar-refractivity contribution in [1.82, 2.24) is 9.88 Å². The number of pyridine rings is 1. The molecule has 0 aliphatic rings. The van der Waals surface area contributed by atoms with Crippen molar-refractivity contribution in [2.24, 2.45) is 0 Å². The molecule has 1 unspecified atom stereocenters. The Labute approximate surface area is 179 Å². The molecule has 2 rings (SSSR count). The topological polar surface area (TPSA) is 62.7 Å². The second-order valence-electron chi connectivity index (χ2n) is 6.79. The molecule has 29 heavy (non-hydrogen) atoms. The molecule has 1 heterocycles. The molecule has 0 saturated carbocycles. The number of hydrogen-bond acceptors (Lipinski definition) is 5. The lowest BCUT2D eigenvalue weighted by molar-refractivity contribution is -0.130. The zero-order chi connectivity index (χ0) is 21.8. The van der Waals surface area contributed by atoms with Crippen molar-refractivity contribution in [3.63, 3.8) is 0 Å². The van der Waals surface area contributed by atoms with Gasteiger partial charge in [-0.25, -0.2) is 9.37 Å². The molecule has 6 nitrogen and oxygen atoms in total.